The Kier molecular flexibility index (Phi) is 7.13. The molecule has 0 radical (unpaired) electrons. The predicted octanol–water partition coefficient (Wildman–Crippen LogP) is 4.78. The number of halogens is 1. The van der Waals surface area contributed by atoms with Gasteiger partial charge in [0, 0.05) is 28.5 Å². The van der Waals surface area contributed by atoms with Crippen molar-refractivity contribution in [3.63, 3.8) is 0 Å². The normalized spacial score (nSPS) is 11.2. The number of carbonyl (C=O) groups is 2. The molecule has 0 aromatic heterocycles. The minimum absolute atomic E-state index is 0.111. The molecule has 0 saturated carbocycles. The summed E-state index contributed by atoms with van der Waals surface area (Å²) >= 11 is 0. The fraction of sp³-hybridized carbons (Fsp3) is 0.167. The number of aryl methyl sites for hydroxylation is 1. The zero-order valence-corrected chi connectivity index (χ0v) is 19.2. The fourth-order valence-electron chi connectivity index (χ4n) is 2.90. The monoisotopic (exact) mass is 469 g/mol. The van der Waals surface area contributed by atoms with E-state index in [-0.39, 0.29) is 28.0 Å². The summed E-state index contributed by atoms with van der Waals surface area (Å²) in [5.74, 6) is -1.33. The maximum atomic E-state index is 13.1. The molecule has 0 aliphatic heterocycles. The second-order valence-corrected chi connectivity index (χ2v) is 9.45. The molecule has 0 atom stereocenters. The molecule has 3 N–H and O–H groups in total. The van der Waals surface area contributed by atoms with E-state index in [0.717, 1.165) is 12.1 Å². The summed E-state index contributed by atoms with van der Waals surface area (Å²) in [6, 6.07) is 15.8. The van der Waals surface area contributed by atoms with Crippen molar-refractivity contribution >= 4 is 38.9 Å². The number of hydrogen-bond donors (Lipinski definition) is 3. The Bertz CT molecular complexity index is 1290. The number of sulfonamides is 1. The van der Waals surface area contributed by atoms with E-state index in [4.69, 9.17) is 0 Å². The Morgan fingerprint density at radius 2 is 1.48 bits per heavy atom. The Balaban J connectivity index is 1.81. The van der Waals surface area contributed by atoms with Gasteiger partial charge in [-0.1, -0.05) is 26.0 Å². The van der Waals surface area contributed by atoms with Crippen molar-refractivity contribution in [2.75, 3.05) is 15.4 Å². The van der Waals surface area contributed by atoms with Crippen LogP contribution in [-0.2, 0) is 14.8 Å². The zero-order chi connectivity index (χ0) is 24.2. The highest BCUT2D eigenvalue weighted by molar-refractivity contribution is 7.92. The molecule has 33 heavy (non-hydrogen) atoms. The van der Waals surface area contributed by atoms with Gasteiger partial charge in [-0.25, -0.2) is 12.8 Å². The lowest BCUT2D eigenvalue weighted by molar-refractivity contribution is -0.118. The predicted molar refractivity (Wildman–Crippen MR) is 126 cm³/mol. The first kappa shape index (κ1) is 23.9. The number of benzene rings is 3. The van der Waals surface area contributed by atoms with Crippen molar-refractivity contribution in [2.24, 2.45) is 5.92 Å². The van der Waals surface area contributed by atoms with Crippen LogP contribution >= 0.6 is 0 Å². The molecule has 0 unspecified atom stereocenters. The molecule has 0 bridgehead atoms. The first-order valence-electron chi connectivity index (χ1n) is 10.2. The maximum absolute atomic E-state index is 13.1. The summed E-state index contributed by atoms with van der Waals surface area (Å²) in [4.78, 5) is 24.7. The van der Waals surface area contributed by atoms with Gasteiger partial charge in [0.25, 0.3) is 15.9 Å². The molecule has 0 heterocycles. The molecule has 3 rings (SSSR count). The lowest BCUT2D eigenvalue weighted by Crippen LogP contribution is -2.18. The molecule has 172 valence electrons. The molecule has 0 aliphatic carbocycles. The Labute approximate surface area is 192 Å². The van der Waals surface area contributed by atoms with Crippen molar-refractivity contribution in [1.82, 2.24) is 0 Å². The van der Waals surface area contributed by atoms with Gasteiger partial charge in [-0.2, -0.15) is 0 Å². The van der Waals surface area contributed by atoms with Crippen LogP contribution in [0.2, 0.25) is 0 Å². The van der Waals surface area contributed by atoms with Crippen LogP contribution in [-0.4, -0.2) is 20.2 Å². The van der Waals surface area contributed by atoms with Crippen LogP contribution in [0.4, 0.5) is 21.5 Å². The van der Waals surface area contributed by atoms with E-state index in [9.17, 15) is 22.4 Å². The van der Waals surface area contributed by atoms with Gasteiger partial charge in [-0.05, 0) is 67.1 Å². The zero-order valence-electron chi connectivity index (χ0n) is 18.3. The molecule has 0 saturated heterocycles. The van der Waals surface area contributed by atoms with Gasteiger partial charge in [0.05, 0.1) is 4.90 Å². The number of rotatable bonds is 7. The number of anilines is 3. The van der Waals surface area contributed by atoms with Crippen molar-refractivity contribution in [3.8, 4) is 0 Å². The maximum Gasteiger partial charge on any atom is 0.261 e. The topological polar surface area (TPSA) is 104 Å². The molecule has 3 aromatic rings. The number of carbonyl (C=O) groups excluding carboxylic acids is 2. The summed E-state index contributed by atoms with van der Waals surface area (Å²) < 4.78 is 41.0. The van der Waals surface area contributed by atoms with E-state index in [2.05, 4.69) is 15.4 Å². The first-order valence-corrected chi connectivity index (χ1v) is 11.6. The standard InChI is InChI=1S/C24H24FN3O4S/c1-15(2)23(29)26-19-5-4-6-20(13-19)27-24(30)22-14-21(12-7-16(22)3)33(31,32)28-18-10-8-17(25)9-11-18/h4-15,28H,1-3H3,(H,26,29)(H,27,30). The SMILES string of the molecule is Cc1ccc(S(=O)(=O)Nc2ccc(F)cc2)cc1C(=O)Nc1cccc(NC(=O)C(C)C)c1. The number of hydrogen-bond acceptors (Lipinski definition) is 4. The summed E-state index contributed by atoms with van der Waals surface area (Å²) in [5, 5.41) is 5.49. The van der Waals surface area contributed by atoms with Crippen molar-refractivity contribution < 1.29 is 22.4 Å². The molecular formula is C24H24FN3O4S. The molecule has 0 fully saturated rings. The van der Waals surface area contributed by atoms with Gasteiger partial charge >= 0.3 is 0 Å². The Morgan fingerprint density at radius 1 is 0.848 bits per heavy atom. The first-order chi connectivity index (χ1) is 15.5. The second kappa shape index (κ2) is 9.83. The van der Waals surface area contributed by atoms with E-state index in [1.807, 2.05) is 0 Å². The average molecular weight is 470 g/mol. The van der Waals surface area contributed by atoms with Crippen molar-refractivity contribution in [1.29, 1.82) is 0 Å². The van der Waals surface area contributed by atoms with Crippen LogP contribution in [0.3, 0.4) is 0 Å². The highest BCUT2D eigenvalue weighted by atomic mass is 32.2. The van der Waals surface area contributed by atoms with Gasteiger partial charge in [0.15, 0.2) is 0 Å². The van der Waals surface area contributed by atoms with Crippen LogP contribution in [0.1, 0.15) is 29.8 Å². The molecule has 2 amide bonds. The van der Waals surface area contributed by atoms with Crippen LogP contribution in [0.15, 0.2) is 71.6 Å². The van der Waals surface area contributed by atoms with Gasteiger partial charge in [0.2, 0.25) is 5.91 Å². The Morgan fingerprint density at radius 3 is 2.12 bits per heavy atom. The molecule has 7 nitrogen and oxygen atoms in total. The molecule has 3 aromatic carbocycles. The lowest BCUT2D eigenvalue weighted by atomic mass is 10.1. The minimum atomic E-state index is -4.00. The second-order valence-electron chi connectivity index (χ2n) is 7.77. The number of nitrogens with one attached hydrogen (secondary N) is 3. The lowest BCUT2D eigenvalue weighted by Gasteiger charge is -2.13. The third-order valence-corrected chi connectivity index (χ3v) is 6.15. The summed E-state index contributed by atoms with van der Waals surface area (Å²) in [5.41, 5.74) is 1.93. The van der Waals surface area contributed by atoms with E-state index in [1.165, 1.54) is 30.3 Å². The van der Waals surface area contributed by atoms with Crippen LogP contribution in [0, 0.1) is 18.7 Å². The van der Waals surface area contributed by atoms with Crippen molar-refractivity contribution in [3.05, 3.63) is 83.7 Å². The summed E-state index contributed by atoms with van der Waals surface area (Å²) in [7, 11) is -4.00. The Hall–Kier alpha value is -3.72. The van der Waals surface area contributed by atoms with Crippen LogP contribution in [0.5, 0.6) is 0 Å². The van der Waals surface area contributed by atoms with E-state index >= 15 is 0 Å². The third kappa shape index (κ3) is 6.17. The van der Waals surface area contributed by atoms with Gasteiger partial charge < -0.3 is 10.6 Å². The fourth-order valence-corrected chi connectivity index (χ4v) is 3.99. The summed E-state index contributed by atoms with van der Waals surface area (Å²) in [6.45, 7) is 5.24. The average Bonchev–Trinajstić information content (AvgIpc) is 2.75. The summed E-state index contributed by atoms with van der Waals surface area (Å²) in [6.07, 6.45) is 0. The molecule has 9 heteroatoms. The third-order valence-electron chi connectivity index (χ3n) is 4.77. The molecular weight excluding hydrogens is 445 g/mol. The van der Waals surface area contributed by atoms with E-state index < -0.39 is 21.7 Å². The van der Waals surface area contributed by atoms with Gasteiger partial charge in [-0.15, -0.1) is 0 Å². The van der Waals surface area contributed by atoms with E-state index in [1.54, 1.807) is 45.0 Å². The largest absolute Gasteiger partial charge is 0.326 e. The quantitative estimate of drug-likeness (QED) is 0.463. The van der Waals surface area contributed by atoms with E-state index in [0.29, 0.717) is 16.9 Å². The number of amides is 2. The van der Waals surface area contributed by atoms with Crippen LogP contribution in [0.25, 0.3) is 0 Å². The molecule has 0 aliphatic rings. The smallest absolute Gasteiger partial charge is 0.261 e. The van der Waals surface area contributed by atoms with Gasteiger partial charge in [0.1, 0.15) is 5.82 Å². The highest BCUT2D eigenvalue weighted by Crippen LogP contribution is 2.22. The highest BCUT2D eigenvalue weighted by Gasteiger charge is 2.19. The molecule has 0 spiro atoms. The van der Waals surface area contributed by atoms with Gasteiger partial charge in [-0.3, -0.25) is 14.3 Å². The minimum Gasteiger partial charge on any atom is -0.326 e. The van der Waals surface area contributed by atoms with Crippen molar-refractivity contribution in [2.45, 2.75) is 25.7 Å². The van der Waals surface area contributed by atoms with Crippen LogP contribution < -0.4 is 15.4 Å².